The van der Waals surface area contributed by atoms with Crippen LogP contribution in [0.3, 0.4) is 0 Å². The first kappa shape index (κ1) is 18.7. The Hall–Kier alpha value is -2.13. The fourth-order valence-corrected chi connectivity index (χ4v) is 4.99. The molecule has 1 amide bonds. The monoisotopic (exact) mass is 382 g/mol. The standard InChI is InChI=1S/C17H22N2O6S/c1-3-24-17(21)12-5-4-6-19(9-12)26(22,23)15-8-14-13(7-11(15)2)18-16(20)10-25-14/h7-8,12H,3-6,9-10H2,1-2H3,(H,18,20)/t12-/m1/s1. The minimum absolute atomic E-state index is 0.106. The van der Waals surface area contributed by atoms with Crippen LogP contribution in [0, 0.1) is 12.8 Å². The quantitative estimate of drug-likeness (QED) is 0.788. The Morgan fingerprint density at radius 3 is 2.92 bits per heavy atom. The number of benzene rings is 1. The normalized spacial score (nSPS) is 20.7. The summed E-state index contributed by atoms with van der Waals surface area (Å²) in [5.74, 6) is -0.763. The summed E-state index contributed by atoms with van der Waals surface area (Å²) in [6, 6.07) is 3.03. The maximum Gasteiger partial charge on any atom is 0.310 e. The smallest absolute Gasteiger partial charge is 0.310 e. The number of sulfonamides is 1. The molecule has 142 valence electrons. The molecule has 0 bridgehead atoms. The largest absolute Gasteiger partial charge is 0.482 e. The van der Waals surface area contributed by atoms with Crippen LogP contribution in [0.25, 0.3) is 0 Å². The van der Waals surface area contributed by atoms with Crippen molar-refractivity contribution in [3.8, 4) is 5.75 Å². The molecule has 1 fully saturated rings. The minimum atomic E-state index is -3.79. The second kappa shape index (κ2) is 7.24. The third-order valence-corrected chi connectivity index (χ3v) is 6.54. The van der Waals surface area contributed by atoms with Gasteiger partial charge in [0.1, 0.15) is 5.75 Å². The van der Waals surface area contributed by atoms with E-state index in [1.165, 1.54) is 10.4 Å². The number of carbonyl (C=O) groups excluding carboxylic acids is 2. The Kier molecular flexibility index (Phi) is 5.19. The van der Waals surface area contributed by atoms with Gasteiger partial charge in [-0.1, -0.05) is 0 Å². The number of piperidine rings is 1. The van der Waals surface area contributed by atoms with Gasteiger partial charge in [0, 0.05) is 19.2 Å². The lowest BCUT2D eigenvalue weighted by Gasteiger charge is -2.31. The lowest BCUT2D eigenvalue weighted by Crippen LogP contribution is -2.43. The summed E-state index contributed by atoms with van der Waals surface area (Å²) in [4.78, 5) is 23.5. The van der Waals surface area contributed by atoms with E-state index >= 15 is 0 Å². The second-order valence-electron chi connectivity index (χ2n) is 6.40. The highest BCUT2D eigenvalue weighted by Crippen LogP contribution is 2.35. The van der Waals surface area contributed by atoms with Gasteiger partial charge in [0.05, 0.1) is 23.1 Å². The topological polar surface area (TPSA) is 102 Å². The molecule has 2 heterocycles. The number of hydrogen-bond donors (Lipinski definition) is 1. The van der Waals surface area contributed by atoms with Crippen molar-refractivity contribution in [1.82, 2.24) is 4.31 Å². The van der Waals surface area contributed by atoms with E-state index in [1.807, 2.05) is 0 Å². The van der Waals surface area contributed by atoms with E-state index in [9.17, 15) is 18.0 Å². The van der Waals surface area contributed by atoms with Gasteiger partial charge >= 0.3 is 5.97 Å². The van der Waals surface area contributed by atoms with Crippen LogP contribution in [-0.4, -0.2) is 50.9 Å². The highest BCUT2D eigenvalue weighted by Gasteiger charge is 2.35. The third kappa shape index (κ3) is 3.54. The molecule has 26 heavy (non-hydrogen) atoms. The molecule has 2 aliphatic rings. The van der Waals surface area contributed by atoms with Crippen molar-refractivity contribution in [2.45, 2.75) is 31.6 Å². The summed E-state index contributed by atoms with van der Waals surface area (Å²) < 4.78 is 37.9. The number of nitrogens with one attached hydrogen (secondary N) is 1. The molecule has 0 spiro atoms. The molecule has 1 aromatic rings. The molecule has 3 rings (SSSR count). The highest BCUT2D eigenvalue weighted by molar-refractivity contribution is 7.89. The molecule has 0 radical (unpaired) electrons. The Morgan fingerprint density at radius 2 is 2.19 bits per heavy atom. The minimum Gasteiger partial charge on any atom is -0.482 e. The first-order valence-corrected chi connectivity index (χ1v) is 10.0. The van der Waals surface area contributed by atoms with Gasteiger partial charge in [-0.15, -0.1) is 0 Å². The van der Waals surface area contributed by atoms with E-state index in [2.05, 4.69) is 5.32 Å². The summed E-state index contributed by atoms with van der Waals surface area (Å²) in [7, 11) is -3.79. The molecule has 0 aromatic heterocycles. The summed E-state index contributed by atoms with van der Waals surface area (Å²) in [5, 5.41) is 2.66. The molecule has 1 aromatic carbocycles. The predicted octanol–water partition coefficient (Wildman–Crippen LogP) is 1.29. The summed E-state index contributed by atoms with van der Waals surface area (Å²) in [6.45, 7) is 3.98. The van der Waals surface area contributed by atoms with Crippen molar-refractivity contribution in [3.63, 3.8) is 0 Å². The first-order valence-electron chi connectivity index (χ1n) is 8.57. The van der Waals surface area contributed by atoms with Crippen molar-refractivity contribution in [2.24, 2.45) is 5.92 Å². The van der Waals surface area contributed by atoms with E-state index < -0.39 is 15.9 Å². The number of anilines is 1. The molecule has 8 nitrogen and oxygen atoms in total. The average Bonchev–Trinajstić information content (AvgIpc) is 2.61. The van der Waals surface area contributed by atoms with Crippen LogP contribution in [0.15, 0.2) is 17.0 Å². The highest BCUT2D eigenvalue weighted by atomic mass is 32.2. The molecule has 9 heteroatoms. The van der Waals surface area contributed by atoms with Gasteiger partial charge in [-0.3, -0.25) is 9.59 Å². The van der Waals surface area contributed by atoms with Crippen molar-refractivity contribution in [1.29, 1.82) is 0 Å². The third-order valence-electron chi connectivity index (χ3n) is 4.53. The molecule has 0 aliphatic carbocycles. The van der Waals surface area contributed by atoms with E-state index in [1.54, 1.807) is 19.9 Å². The average molecular weight is 382 g/mol. The SMILES string of the molecule is CCOC(=O)[C@@H]1CCCN(S(=O)(=O)c2cc3c(cc2C)NC(=O)CO3)C1. The molecule has 1 saturated heterocycles. The van der Waals surface area contributed by atoms with Crippen LogP contribution in [0.5, 0.6) is 5.75 Å². The van der Waals surface area contributed by atoms with Gasteiger partial charge in [-0.25, -0.2) is 8.42 Å². The van der Waals surface area contributed by atoms with Gasteiger partial charge in [0.2, 0.25) is 10.0 Å². The molecule has 1 atom stereocenters. The number of amides is 1. The van der Waals surface area contributed by atoms with Crippen LogP contribution in [0.1, 0.15) is 25.3 Å². The Labute approximate surface area is 152 Å². The molecule has 2 aliphatic heterocycles. The summed E-state index contributed by atoms with van der Waals surface area (Å²) in [5.41, 5.74) is 0.966. The van der Waals surface area contributed by atoms with Crippen molar-refractivity contribution < 1.29 is 27.5 Å². The van der Waals surface area contributed by atoms with Crippen LogP contribution in [0.4, 0.5) is 5.69 Å². The van der Waals surface area contributed by atoms with Crippen LogP contribution >= 0.6 is 0 Å². The summed E-state index contributed by atoms with van der Waals surface area (Å²) in [6.07, 6.45) is 1.21. The number of hydrogen-bond acceptors (Lipinski definition) is 6. The number of ether oxygens (including phenoxy) is 2. The zero-order valence-electron chi connectivity index (χ0n) is 14.8. The molecule has 1 N–H and O–H groups in total. The van der Waals surface area contributed by atoms with Crippen molar-refractivity contribution in [2.75, 3.05) is 31.6 Å². The zero-order valence-corrected chi connectivity index (χ0v) is 15.6. The van der Waals surface area contributed by atoms with Gasteiger partial charge in [0.15, 0.2) is 6.61 Å². The summed E-state index contributed by atoms with van der Waals surface area (Å²) >= 11 is 0. The van der Waals surface area contributed by atoms with E-state index in [0.29, 0.717) is 36.4 Å². The van der Waals surface area contributed by atoms with Gasteiger partial charge in [0.25, 0.3) is 5.91 Å². The number of fused-ring (bicyclic) bond motifs is 1. The molecule has 0 saturated carbocycles. The van der Waals surface area contributed by atoms with Gasteiger partial charge < -0.3 is 14.8 Å². The Bertz CT molecular complexity index is 836. The molecule has 0 unspecified atom stereocenters. The van der Waals surface area contributed by atoms with E-state index in [-0.39, 0.29) is 36.5 Å². The molecular formula is C17H22N2O6S. The van der Waals surface area contributed by atoms with Crippen LogP contribution in [-0.2, 0) is 24.3 Å². The number of carbonyl (C=O) groups is 2. The van der Waals surface area contributed by atoms with Crippen molar-refractivity contribution >= 4 is 27.6 Å². The first-order chi connectivity index (χ1) is 12.3. The lowest BCUT2D eigenvalue weighted by atomic mass is 10.0. The maximum absolute atomic E-state index is 13.1. The maximum atomic E-state index is 13.1. The number of nitrogens with zero attached hydrogens (tertiary/aromatic N) is 1. The Morgan fingerprint density at radius 1 is 1.42 bits per heavy atom. The van der Waals surface area contributed by atoms with Crippen LogP contribution in [0.2, 0.25) is 0 Å². The van der Waals surface area contributed by atoms with Crippen molar-refractivity contribution in [3.05, 3.63) is 17.7 Å². The van der Waals surface area contributed by atoms with Gasteiger partial charge in [-0.05, 0) is 38.3 Å². The van der Waals surface area contributed by atoms with E-state index in [0.717, 1.165) is 0 Å². The number of rotatable bonds is 4. The second-order valence-corrected chi connectivity index (χ2v) is 8.31. The lowest BCUT2D eigenvalue weighted by molar-refractivity contribution is -0.149. The number of aryl methyl sites for hydroxylation is 1. The van der Waals surface area contributed by atoms with Crippen LogP contribution < -0.4 is 10.1 Å². The zero-order chi connectivity index (χ0) is 18.9. The molecular weight excluding hydrogens is 360 g/mol. The van der Waals surface area contributed by atoms with Gasteiger partial charge in [-0.2, -0.15) is 4.31 Å². The number of esters is 1. The predicted molar refractivity (Wildman–Crippen MR) is 93.4 cm³/mol. The van der Waals surface area contributed by atoms with E-state index in [4.69, 9.17) is 9.47 Å². The Balaban J connectivity index is 1.88. The fraction of sp³-hybridized carbons (Fsp3) is 0.529. The fourth-order valence-electron chi connectivity index (χ4n) is 3.25.